The highest BCUT2D eigenvalue weighted by molar-refractivity contribution is 9.09. The minimum absolute atomic E-state index is 0.0755. The lowest BCUT2D eigenvalue weighted by atomic mass is 9.92. The highest BCUT2D eigenvalue weighted by atomic mass is 79.9. The number of Topliss-reactive ketones (excluding diaryl/α,β-unsaturated/α-hetero) is 1. The molecule has 0 spiro atoms. The number of allylic oxidation sites excluding steroid dienone is 2. The van der Waals surface area contributed by atoms with Gasteiger partial charge in [-0.1, -0.05) is 56.1 Å². The first-order valence-electron chi connectivity index (χ1n) is 5.96. The molecule has 5 nitrogen and oxygen atoms in total. The van der Waals surface area contributed by atoms with Gasteiger partial charge in [0.1, 0.15) is 0 Å². The Morgan fingerprint density at radius 2 is 1.76 bits per heavy atom. The molecule has 1 aliphatic rings. The number of carbonyl (C=O) groups excluding carboxylic acids is 3. The molecule has 0 aromatic heterocycles. The third-order valence-corrected chi connectivity index (χ3v) is 3.72. The van der Waals surface area contributed by atoms with Crippen molar-refractivity contribution in [2.45, 2.75) is 0 Å². The number of hydrogen-bond donors (Lipinski definition) is 1. The van der Waals surface area contributed by atoms with Crippen LogP contribution in [0.25, 0.3) is 0 Å². The molecule has 0 aliphatic heterocycles. The van der Waals surface area contributed by atoms with Gasteiger partial charge < -0.3 is 5.32 Å². The topological polar surface area (TPSA) is 75.6 Å². The highest BCUT2D eigenvalue weighted by Gasteiger charge is 2.25. The van der Waals surface area contributed by atoms with Crippen molar-refractivity contribution in [1.82, 2.24) is 5.32 Å². The van der Waals surface area contributed by atoms with Crippen molar-refractivity contribution in [2.75, 3.05) is 10.7 Å². The summed E-state index contributed by atoms with van der Waals surface area (Å²) in [5, 5.41) is 2.66. The number of ketones is 1. The van der Waals surface area contributed by atoms with Crippen LogP contribution in [0.1, 0.15) is 15.9 Å². The van der Waals surface area contributed by atoms with Crippen LogP contribution in [0, 0.1) is 0 Å². The van der Waals surface area contributed by atoms with Gasteiger partial charge in [-0.05, 0) is 6.08 Å². The van der Waals surface area contributed by atoms with Crippen molar-refractivity contribution in [2.24, 2.45) is 4.99 Å². The van der Waals surface area contributed by atoms with Gasteiger partial charge in [0.25, 0.3) is 5.91 Å². The van der Waals surface area contributed by atoms with Gasteiger partial charge >= 0.3 is 0 Å². The lowest BCUT2D eigenvalue weighted by Gasteiger charge is -2.17. The zero-order valence-corrected chi connectivity index (χ0v) is 13.9. The van der Waals surface area contributed by atoms with Crippen LogP contribution in [0.15, 0.2) is 41.0 Å². The van der Waals surface area contributed by atoms with Crippen LogP contribution in [0.3, 0.4) is 0 Å². The van der Waals surface area contributed by atoms with Crippen LogP contribution in [0.4, 0.5) is 0 Å². The molecule has 0 radical (unpaired) electrons. The molecule has 2 rings (SSSR count). The second-order valence-corrected chi connectivity index (χ2v) is 5.26. The standard InChI is InChI=1S/C14H10Br2N2O3/c15-6-12(19)17-10-5-11(18-13(20)7-16)14(21)9-4-2-1-3-8(9)10/h1-5H,6-7H2,(H,18,20). The average Bonchev–Trinajstić information content (AvgIpc) is 2.51. The van der Waals surface area contributed by atoms with Gasteiger partial charge in [0.15, 0.2) is 0 Å². The molecule has 1 aliphatic carbocycles. The number of amides is 2. The number of fused-ring (bicyclic) bond motifs is 1. The number of nitrogens with one attached hydrogen (secondary N) is 1. The monoisotopic (exact) mass is 412 g/mol. The van der Waals surface area contributed by atoms with Gasteiger partial charge in [-0.15, -0.1) is 0 Å². The predicted molar refractivity (Wildman–Crippen MR) is 86.1 cm³/mol. The summed E-state index contributed by atoms with van der Waals surface area (Å²) in [6.45, 7) is 0. The van der Waals surface area contributed by atoms with E-state index in [1.165, 1.54) is 6.08 Å². The first kappa shape index (κ1) is 15.8. The summed E-state index contributed by atoms with van der Waals surface area (Å²) >= 11 is 6.06. The molecule has 7 heteroatoms. The maximum absolute atomic E-state index is 12.3. The quantitative estimate of drug-likeness (QED) is 0.770. The van der Waals surface area contributed by atoms with E-state index in [1.54, 1.807) is 24.3 Å². The van der Waals surface area contributed by atoms with E-state index in [9.17, 15) is 14.4 Å². The predicted octanol–water partition coefficient (Wildman–Crippen LogP) is 1.99. The minimum atomic E-state index is -0.364. The van der Waals surface area contributed by atoms with Crippen LogP contribution in [0.5, 0.6) is 0 Å². The average molecular weight is 414 g/mol. The van der Waals surface area contributed by atoms with Crippen molar-refractivity contribution >= 4 is 55.2 Å². The van der Waals surface area contributed by atoms with E-state index in [0.29, 0.717) is 16.8 Å². The molecular weight excluding hydrogens is 404 g/mol. The highest BCUT2D eigenvalue weighted by Crippen LogP contribution is 2.20. The number of benzene rings is 1. The lowest BCUT2D eigenvalue weighted by molar-refractivity contribution is -0.117. The molecule has 0 heterocycles. The van der Waals surface area contributed by atoms with Crippen LogP contribution in [-0.2, 0) is 9.59 Å². The molecule has 0 bridgehead atoms. The second kappa shape index (κ2) is 6.91. The molecular formula is C14H10Br2N2O3. The second-order valence-electron chi connectivity index (χ2n) is 4.14. The van der Waals surface area contributed by atoms with E-state index in [-0.39, 0.29) is 34.0 Å². The maximum atomic E-state index is 12.3. The van der Waals surface area contributed by atoms with Crippen LogP contribution in [-0.4, -0.2) is 34.0 Å². The molecule has 1 aromatic rings. The van der Waals surface area contributed by atoms with E-state index >= 15 is 0 Å². The molecule has 2 amide bonds. The van der Waals surface area contributed by atoms with Crippen molar-refractivity contribution in [3.63, 3.8) is 0 Å². The van der Waals surface area contributed by atoms with E-state index in [4.69, 9.17) is 0 Å². The third kappa shape index (κ3) is 3.54. The molecule has 0 fully saturated rings. The molecule has 0 atom stereocenters. The van der Waals surface area contributed by atoms with Crippen molar-refractivity contribution < 1.29 is 14.4 Å². The molecule has 0 unspecified atom stereocenters. The normalized spacial score (nSPS) is 15.4. The number of hydrogen-bond acceptors (Lipinski definition) is 3. The van der Waals surface area contributed by atoms with Gasteiger partial charge in [-0.2, -0.15) is 0 Å². The molecule has 0 saturated carbocycles. The fourth-order valence-electron chi connectivity index (χ4n) is 1.86. The molecule has 21 heavy (non-hydrogen) atoms. The molecule has 108 valence electrons. The van der Waals surface area contributed by atoms with Crippen LogP contribution < -0.4 is 5.32 Å². The Hall–Kier alpha value is -1.60. The van der Waals surface area contributed by atoms with E-state index in [2.05, 4.69) is 42.2 Å². The SMILES string of the molecule is O=C(CBr)N=C1C=C(NC(=O)CBr)C(=O)c2ccccc21. The zero-order valence-electron chi connectivity index (χ0n) is 10.7. The summed E-state index contributed by atoms with van der Waals surface area (Å²) in [4.78, 5) is 39.2. The number of nitrogens with zero attached hydrogens (tertiary/aromatic N) is 1. The number of rotatable bonds is 3. The Balaban J connectivity index is 2.50. The fraction of sp³-hybridized carbons (Fsp3) is 0.143. The van der Waals surface area contributed by atoms with Crippen molar-refractivity contribution in [3.8, 4) is 0 Å². The first-order chi connectivity index (χ1) is 10.1. The van der Waals surface area contributed by atoms with Crippen molar-refractivity contribution in [3.05, 3.63) is 47.2 Å². The van der Waals surface area contributed by atoms with Gasteiger partial charge in [0.2, 0.25) is 11.7 Å². The fourth-order valence-corrected chi connectivity index (χ4v) is 2.13. The summed E-state index contributed by atoms with van der Waals surface area (Å²) in [6, 6.07) is 6.83. The van der Waals surface area contributed by atoms with E-state index in [1.807, 2.05) is 0 Å². The minimum Gasteiger partial charge on any atom is -0.322 e. The van der Waals surface area contributed by atoms with Crippen LogP contribution in [0.2, 0.25) is 0 Å². The van der Waals surface area contributed by atoms with Gasteiger partial charge in [-0.25, -0.2) is 4.99 Å². The molecule has 0 saturated heterocycles. The maximum Gasteiger partial charge on any atom is 0.256 e. The van der Waals surface area contributed by atoms with Gasteiger partial charge in [0.05, 0.1) is 22.1 Å². The smallest absolute Gasteiger partial charge is 0.256 e. The largest absolute Gasteiger partial charge is 0.322 e. The first-order valence-corrected chi connectivity index (χ1v) is 8.20. The Morgan fingerprint density at radius 3 is 2.38 bits per heavy atom. The number of aliphatic imine (C=N–C) groups is 1. The summed E-state index contributed by atoms with van der Waals surface area (Å²) in [7, 11) is 0. The Labute approximate surface area is 137 Å². The summed E-state index contributed by atoms with van der Waals surface area (Å²) in [5.41, 5.74) is 1.46. The van der Waals surface area contributed by atoms with Crippen LogP contribution >= 0.6 is 31.9 Å². The Morgan fingerprint density at radius 1 is 1.10 bits per heavy atom. The summed E-state index contributed by atoms with van der Waals surface area (Å²) in [6.07, 6.45) is 1.42. The number of alkyl halides is 2. The van der Waals surface area contributed by atoms with E-state index < -0.39 is 0 Å². The van der Waals surface area contributed by atoms with Gasteiger partial charge in [0, 0.05) is 11.1 Å². The van der Waals surface area contributed by atoms with Gasteiger partial charge in [-0.3, -0.25) is 14.4 Å². The Kier molecular flexibility index (Phi) is 5.19. The number of halogens is 2. The zero-order chi connectivity index (χ0) is 15.4. The molecule has 1 N–H and O–H groups in total. The Bertz CT molecular complexity index is 681. The molecule has 1 aromatic carbocycles. The third-order valence-electron chi connectivity index (χ3n) is 2.73. The number of carbonyl (C=O) groups is 3. The lowest BCUT2D eigenvalue weighted by Crippen LogP contribution is -2.32. The van der Waals surface area contributed by atoms with Crippen molar-refractivity contribution in [1.29, 1.82) is 0 Å². The summed E-state index contributed by atoms with van der Waals surface area (Å²) in [5.74, 6) is -1.01. The summed E-state index contributed by atoms with van der Waals surface area (Å²) < 4.78 is 0. The van der Waals surface area contributed by atoms with E-state index in [0.717, 1.165) is 0 Å².